The first kappa shape index (κ1) is 17.0. The van der Waals surface area contributed by atoms with Crippen molar-refractivity contribution in [1.29, 1.82) is 0 Å². The van der Waals surface area contributed by atoms with Crippen molar-refractivity contribution >= 4 is 39.5 Å². The fraction of sp³-hybridized carbons (Fsp3) is 0.350. The van der Waals surface area contributed by atoms with E-state index in [9.17, 15) is 0 Å². The maximum atomic E-state index is 6.03. The molecule has 3 aromatic heterocycles. The van der Waals surface area contributed by atoms with Crippen LogP contribution in [0.3, 0.4) is 0 Å². The van der Waals surface area contributed by atoms with Crippen LogP contribution in [0.25, 0.3) is 22.0 Å². The number of aromatic amines is 1. The van der Waals surface area contributed by atoms with Gasteiger partial charge in [-0.3, -0.25) is 5.10 Å². The Hall–Kier alpha value is -3.13. The third-order valence-corrected chi connectivity index (χ3v) is 5.42. The number of hydrogen-bond acceptors (Lipinski definition) is 7. The second kappa shape index (κ2) is 6.79. The standard InChI is InChI=1S/C20H23N7O/c1-11-15-7-6-14(10-17(15)27-26-11)23-20-24-16-8-9-28-18(16)19(25-20)22-13-4-2-12(21)3-5-13/h6-10,12-13H,2-5,21H2,1H3,(H,26,27)(H2,22,23,24,25). The van der Waals surface area contributed by atoms with Gasteiger partial charge in [0.1, 0.15) is 5.52 Å². The summed E-state index contributed by atoms with van der Waals surface area (Å²) in [5.74, 6) is 1.24. The van der Waals surface area contributed by atoms with E-state index >= 15 is 0 Å². The summed E-state index contributed by atoms with van der Waals surface area (Å²) in [6.45, 7) is 2.01. The maximum Gasteiger partial charge on any atom is 0.229 e. The van der Waals surface area contributed by atoms with Crippen molar-refractivity contribution in [1.82, 2.24) is 20.2 Å². The maximum absolute atomic E-state index is 6.03. The molecule has 3 heterocycles. The Labute approximate surface area is 161 Å². The predicted octanol–water partition coefficient (Wildman–Crippen LogP) is 3.83. The summed E-state index contributed by atoms with van der Waals surface area (Å²) in [7, 11) is 0. The number of hydrogen-bond donors (Lipinski definition) is 4. The molecule has 1 aromatic carbocycles. The zero-order valence-electron chi connectivity index (χ0n) is 15.7. The molecule has 1 saturated carbocycles. The van der Waals surface area contributed by atoms with Gasteiger partial charge in [-0.15, -0.1) is 0 Å². The summed E-state index contributed by atoms with van der Waals surface area (Å²) in [5.41, 5.74) is 10.3. The number of H-pyrrole nitrogens is 1. The second-order valence-corrected chi connectivity index (χ2v) is 7.49. The molecule has 5 N–H and O–H groups in total. The Morgan fingerprint density at radius 2 is 1.96 bits per heavy atom. The third-order valence-electron chi connectivity index (χ3n) is 5.42. The first-order valence-corrected chi connectivity index (χ1v) is 9.65. The second-order valence-electron chi connectivity index (χ2n) is 7.49. The molecule has 0 amide bonds. The van der Waals surface area contributed by atoms with Crippen molar-refractivity contribution in [2.24, 2.45) is 5.73 Å². The molecule has 5 rings (SSSR count). The van der Waals surface area contributed by atoms with Crippen molar-refractivity contribution in [2.45, 2.75) is 44.7 Å². The van der Waals surface area contributed by atoms with Gasteiger partial charge < -0.3 is 20.8 Å². The van der Waals surface area contributed by atoms with E-state index in [1.807, 2.05) is 31.2 Å². The molecule has 0 atom stereocenters. The van der Waals surface area contributed by atoms with Crippen LogP contribution in [0.1, 0.15) is 31.4 Å². The Morgan fingerprint density at radius 1 is 1.11 bits per heavy atom. The molecule has 0 bridgehead atoms. The Morgan fingerprint density at radius 3 is 2.82 bits per heavy atom. The zero-order valence-corrected chi connectivity index (χ0v) is 15.7. The number of nitrogens with two attached hydrogens (primary N) is 1. The molecule has 0 radical (unpaired) electrons. The average molecular weight is 377 g/mol. The van der Waals surface area contributed by atoms with Gasteiger partial charge in [0.2, 0.25) is 5.95 Å². The number of aryl methyl sites for hydroxylation is 1. The fourth-order valence-electron chi connectivity index (χ4n) is 3.83. The highest BCUT2D eigenvalue weighted by Crippen LogP contribution is 2.28. The van der Waals surface area contributed by atoms with E-state index in [2.05, 4.69) is 30.8 Å². The number of nitrogens with one attached hydrogen (secondary N) is 3. The van der Waals surface area contributed by atoms with E-state index in [-0.39, 0.29) is 0 Å². The van der Waals surface area contributed by atoms with Gasteiger partial charge in [0.05, 0.1) is 11.8 Å². The lowest BCUT2D eigenvalue weighted by Crippen LogP contribution is -2.33. The van der Waals surface area contributed by atoms with Gasteiger partial charge in [0.15, 0.2) is 11.4 Å². The van der Waals surface area contributed by atoms with Crippen LogP contribution in [0.5, 0.6) is 0 Å². The lowest BCUT2D eigenvalue weighted by molar-refractivity contribution is 0.410. The van der Waals surface area contributed by atoms with Crippen LogP contribution in [0.15, 0.2) is 34.9 Å². The molecule has 8 nitrogen and oxygen atoms in total. The smallest absolute Gasteiger partial charge is 0.229 e. The summed E-state index contributed by atoms with van der Waals surface area (Å²) in [5, 5.41) is 15.3. The highest BCUT2D eigenvalue weighted by molar-refractivity contribution is 5.87. The fourth-order valence-corrected chi connectivity index (χ4v) is 3.83. The van der Waals surface area contributed by atoms with Gasteiger partial charge in [-0.25, -0.2) is 4.98 Å². The van der Waals surface area contributed by atoms with E-state index in [0.717, 1.165) is 59.3 Å². The number of nitrogens with zero attached hydrogens (tertiary/aromatic N) is 3. The van der Waals surface area contributed by atoms with Crippen molar-refractivity contribution in [2.75, 3.05) is 10.6 Å². The van der Waals surface area contributed by atoms with Gasteiger partial charge in [-0.1, -0.05) is 0 Å². The quantitative estimate of drug-likeness (QED) is 0.427. The number of anilines is 3. The van der Waals surface area contributed by atoms with Crippen LogP contribution in [-0.4, -0.2) is 32.2 Å². The van der Waals surface area contributed by atoms with E-state index < -0.39 is 0 Å². The summed E-state index contributed by atoms with van der Waals surface area (Å²) in [6.07, 6.45) is 5.76. The number of fused-ring (bicyclic) bond motifs is 2. The van der Waals surface area contributed by atoms with Crippen LogP contribution in [0, 0.1) is 6.92 Å². The molecule has 0 unspecified atom stereocenters. The average Bonchev–Trinajstić information content (AvgIpc) is 3.30. The lowest BCUT2D eigenvalue weighted by Gasteiger charge is -2.27. The van der Waals surface area contributed by atoms with E-state index in [1.165, 1.54) is 0 Å². The summed E-state index contributed by atoms with van der Waals surface area (Å²) in [4.78, 5) is 9.26. The van der Waals surface area contributed by atoms with Gasteiger partial charge in [-0.2, -0.15) is 10.1 Å². The van der Waals surface area contributed by atoms with Crippen molar-refractivity contribution in [3.63, 3.8) is 0 Å². The van der Waals surface area contributed by atoms with Crippen molar-refractivity contribution < 1.29 is 4.42 Å². The van der Waals surface area contributed by atoms with Gasteiger partial charge >= 0.3 is 0 Å². The molecule has 1 fully saturated rings. The van der Waals surface area contributed by atoms with E-state index in [4.69, 9.17) is 10.2 Å². The van der Waals surface area contributed by atoms with Crippen LogP contribution < -0.4 is 16.4 Å². The summed E-state index contributed by atoms with van der Waals surface area (Å²) < 4.78 is 5.62. The Kier molecular flexibility index (Phi) is 4.12. The molecule has 4 aromatic rings. The van der Waals surface area contributed by atoms with E-state index in [0.29, 0.717) is 23.6 Å². The van der Waals surface area contributed by atoms with Gasteiger partial charge in [0, 0.05) is 34.9 Å². The number of benzene rings is 1. The molecule has 0 saturated heterocycles. The number of rotatable bonds is 4. The molecule has 1 aliphatic carbocycles. The minimum absolute atomic E-state index is 0.310. The van der Waals surface area contributed by atoms with Crippen molar-refractivity contribution in [3.8, 4) is 0 Å². The first-order chi connectivity index (χ1) is 13.7. The highest BCUT2D eigenvalue weighted by Gasteiger charge is 2.21. The van der Waals surface area contributed by atoms with Gasteiger partial charge in [0.25, 0.3) is 0 Å². The molecule has 0 aliphatic heterocycles. The zero-order chi connectivity index (χ0) is 19.1. The normalized spacial score (nSPS) is 19.9. The van der Waals surface area contributed by atoms with Gasteiger partial charge in [-0.05, 0) is 50.8 Å². The molecular weight excluding hydrogens is 354 g/mol. The van der Waals surface area contributed by atoms with Crippen molar-refractivity contribution in [3.05, 3.63) is 36.2 Å². The highest BCUT2D eigenvalue weighted by atomic mass is 16.3. The topological polar surface area (TPSA) is 118 Å². The van der Waals surface area contributed by atoms with E-state index in [1.54, 1.807) is 6.26 Å². The lowest BCUT2D eigenvalue weighted by atomic mass is 9.92. The molecule has 144 valence electrons. The van der Waals surface area contributed by atoms with Crippen LogP contribution in [0.4, 0.5) is 17.5 Å². The largest absolute Gasteiger partial charge is 0.459 e. The monoisotopic (exact) mass is 377 g/mol. The summed E-state index contributed by atoms with van der Waals surface area (Å²) >= 11 is 0. The summed E-state index contributed by atoms with van der Waals surface area (Å²) in [6, 6.07) is 8.53. The third kappa shape index (κ3) is 3.16. The Balaban J connectivity index is 1.44. The molecule has 8 heteroatoms. The van der Waals surface area contributed by atoms with Crippen LogP contribution in [0.2, 0.25) is 0 Å². The molecule has 28 heavy (non-hydrogen) atoms. The van der Waals surface area contributed by atoms with Crippen LogP contribution in [-0.2, 0) is 0 Å². The Bertz CT molecular complexity index is 1120. The SMILES string of the molecule is Cc1[nH]nc2cc(Nc3nc(NC4CCC(N)CC4)c4occc4n3)ccc12. The van der Waals surface area contributed by atoms with Crippen LogP contribution >= 0.6 is 0 Å². The molecule has 1 aliphatic rings. The first-order valence-electron chi connectivity index (χ1n) is 9.65. The number of furan rings is 1. The molecule has 0 spiro atoms. The predicted molar refractivity (Wildman–Crippen MR) is 110 cm³/mol. The minimum atomic E-state index is 0.310. The number of aromatic nitrogens is 4. The molecular formula is C20H23N7O. The minimum Gasteiger partial charge on any atom is -0.459 e.